The molecular formula is C28H36N2O5S. The number of nitrogens with zero attached hydrogens (tertiary/aromatic N) is 1. The number of methoxy groups -OCH3 is 1. The molecule has 0 bridgehead atoms. The van der Waals surface area contributed by atoms with Crippen LogP contribution in [0.5, 0.6) is 5.75 Å². The fourth-order valence-corrected chi connectivity index (χ4v) is 6.20. The second kappa shape index (κ2) is 12.0. The maximum atomic E-state index is 13.6. The lowest BCUT2D eigenvalue weighted by Crippen LogP contribution is -2.51. The molecule has 7 nitrogen and oxygen atoms in total. The molecule has 2 aliphatic rings. The number of hydrogen-bond acceptors (Lipinski definition) is 5. The Morgan fingerprint density at radius 1 is 1.14 bits per heavy atom. The Bertz CT molecular complexity index is 1150. The molecule has 0 aromatic heterocycles. The average molecular weight is 513 g/mol. The molecule has 1 saturated carbocycles. The van der Waals surface area contributed by atoms with Crippen molar-refractivity contribution in [3.63, 3.8) is 0 Å². The minimum atomic E-state index is -3.87. The van der Waals surface area contributed by atoms with Crippen LogP contribution in [0.15, 0.2) is 71.6 Å². The first-order chi connectivity index (χ1) is 17.3. The predicted octanol–water partition coefficient (Wildman–Crippen LogP) is 3.54. The fourth-order valence-electron chi connectivity index (χ4n) is 4.63. The number of benzene rings is 2. The third-order valence-electron chi connectivity index (χ3n) is 6.90. The molecule has 2 N–H and O–H groups in total. The maximum absolute atomic E-state index is 13.6. The summed E-state index contributed by atoms with van der Waals surface area (Å²) in [6.07, 6.45) is 7.73. The van der Waals surface area contributed by atoms with E-state index in [-0.39, 0.29) is 29.2 Å². The van der Waals surface area contributed by atoms with E-state index in [0.29, 0.717) is 25.1 Å². The van der Waals surface area contributed by atoms with Gasteiger partial charge in [-0.2, -0.15) is 4.31 Å². The lowest BCUT2D eigenvalue weighted by molar-refractivity contribution is -0.123. The summed E-state index contributed by atoms with van der Waals surface area (Å²) in [5.41, 5.74) is 0.965. The normalized spacial score (nSPS) is 19.2. The van der Waals surface area contributed by atoms with Crippen LogP contribution in [0.4, 0.5) is 0 Å². The third-order valence-corrected chi connectivity index (χ3v) is 8.73. The molecule has 2 aromatic rings. The van der Waals surface area contributed by atoms with E-state index in [4.69, 9.17) is 4.74 Å². The molecule has 4 rings (SSSR count). The first-order valence-corrected chi connectivity index (χ1v) is 14.1. The van der Waals surface area contributed by atoms with Crippen molar-refractivity contribution in [1.29, 1.82) is 0 Å². The van der Waals surface area contributed by atoms with E-state index < -0.39 is 22.2 Å². The second-order valence-corrected chi connectivity index (χ2v) is 11.8. The number of rotatable bonds is 13. The molecule has 3 atom stereocenters. The minimum absolute atomic E-state index is 0.100. The van der Waals surface area contributed by atoms with Gasteiger partial charge in [0.1, 0.15) is 5.75 Å². The van der Waals surface area contributed by atoms with Crippen LogP contribution in [0.2, 0.25) is 0 Å². The van der Waals surface area contributed by atoms with Crippen LogP contribution in [-0.2, 0) is 21.2 Å². The number of carbonyl (C=O) groups is 1. The number of allylic oxidation sites excluding steroid dienone is 2. The number of sulfonamides is 1. The Hall–Kier alpha value is -2.68. The summed E-state index contributed by atoms with van der Waals surface area (Å²) < 4.78 is 33.8. The minimum Gasteiger partial charge on any atom is -0.497 e. The van der Waals surface area contributed by atoms with Gasteiger partial charge in [0.15, 0.2) is 0 Å². The number of hydrogen-bond donors (Lipinski definition) is 2. The van der Waals surface area contributed by atoms with Gasteiger partial charge >= 0.3 is 0 Å². The van der Waals surface area contributed by atoms with Crippen molar-refractivity contribution in [3.05, 3.63) is 72.3 Å². The highest BCUT2D eigenvalue weighted by atomic mass is 32.2. The van der Waals surface area contributed by atoms with Crippen LogP contribution in [0.3, 0.4) is 0 Å². The zero-order chi connectivity index (χ0) is 25.5. The number of aliphatic hydroxyl groups is 1. The van der Waals surface area contributed by atoms with Gasteiger partial charge in [-0.05, 0) is 61.6 Å². The van der Waals surface area contributed by atoms with Crippen molar-refractivity contribution in [2.45, 2.75) is 55.6 Å². The molecule has 0 radical (unpaired) electrons. The zero-order valence-corrected chi connectivity index (χ0v) is 21.6. The van der Waals surface area contributed by atoms with Gasteiger partial charge in [0.2, 0.25) is 15.9 Å². The zero-order valence-electron chi connectivity index (χ0n) is 20.8. The lowest BCUT2D eigenvalue weighted by atomic mass is 9.99. The Morgan fingerprint density at radius 3 is 2.58 bits per heavy atom. The summed E-state index contributed by atoms with van der Waals surface area (Å²) in [6.45, 7) is 0.243. The molecule has 0 spiro atoms. The summed E-state index contributed by atoms with van der Waals surface area (Å²) in [7, 11) is -2.37. The van der Waals surface area contributed by atoms with Gasteiger partial charge < -0.3 is 15.2 Å². The number of amides is 1. The first-order valence-electron chi connectivity index (χ1n) is 12.7. The molecule has 1 fully saturated rings. The van der Waals surface area contributed by atoms with Gasteiger partial charge in [0.05, 0.1) is 24.2 Å². The molecule has 1 amide bonds. The first kappa shape index (κ1) is 26.4. The van der Waals surface area contributed by atoms with Crippen molar-refractivity contribution in [2.24, 2.45) is 11.8 Å². The van der Waals surface area contributed by atoms with E-state index in [0.717, 1.165) is 31.2 Å². The largest absolute Gasteiger partial charge is 0.497 e. The van der Waals surface area contributed by atoms with Crippen molar-refractivity contribution in [1.82, 2.24) is 9.62 Å². The number of carbonyl (C=O) groups excluding carboxylic acids is 1. The van der Waals surface area contributed by atoms with Crippen molar-refractivity contribution < 1.29 is 23.1 Å². The van der Waals surface area contributed by atoms with Crippen LogP contribution in [0.25, 0.3) is 0 Å². The molecule has 2 aliphatic carbocycles. The average Bonchev–Trinajstić information content (AvgIpc) is 3.56. The summed E-state index contributed by atoms with van der Waals surface area (Å²) in [6, 6.07) is 15.4. The van der Waals surface area contributed by atoms with Crippen LogP contribution >= 0.6 is 0 Å². The maximum Gasteiger partial charge on any atom is 0.243 e. The molecule has 0 saturated heterocycles. The van der Waals surface area contributed by atoms with Crippen LogP contribution in [-0.4, -0.2) is 56.1 Å². The van der Waals surface area contributed by atoms with Gasteiger partial charge in [-0.25, -0.2) is 8.42 Å². The molecule has 8 heteroatoms. The summed E-state index contributed by atoms with van der Waals surface area (Å²) in [5, 5.41) is 14.3. The van der Waals surface area contributed by atoms with E-state index >= 15 is 0 Å². The highest BCUT2D eigenvalue weighted by molar-refractivity contribution is 7.89. The molecule has 0 aliphatic heterocycles. The van der Waals surface area contributed by atoms with E-state index in [9.17, 15) is 18.3 Å². The Kier molecular flexibility index (Phi) is 8.82. The molecule has 0 heterocycles. The molecular weight excluding hydrogens is 476 g/mol. The third kappa shape index (κ3) is 7.18. The Labute approximate surface area is 214 Å². The quantitative estimate of drug-likeness (QED) is 0.400. The van der Waals surface area contributed by atoms with Crippen LogP contribution in [0, 0.1) is 11.8 Å². The van der Waals surface area contributed by atoms with Gasteiger partial charge in [0.25, 0.3) is 0 Å². The smallest absolute Gasteiger partial charge is 0.243 e. The molecule has 36 heavy (non-hydrogen) atoms. The lowest BCUT2D eigenvalue weighted by Gasteiger charge is -2.30. The number of ether oxygens (including phenoxy) is 1. The van der Waals surface area contributed by atoms with Crippen molar-refractivity contribution in [2.75, 3.05) is 20.2 Å². The highest BCUT2D eigenvalue weighted by Crippen LogP contribution is 2.32. The fraction of sp³-hybridized carbons (Fsp3) is 0.464. The standard InChI is InChI=1S/C28H36N2O5S/c1-35-24-12-7-13-25(18-24)36(33,34)30(19-23-14-15-23)20-27(31)26(16-21-8-3-2-4-9-21)29-28(32)17-22-10-5-6-11-22/h2-5,7-10,12-13,18,22-23,26-27,31H,6,11,14-17,19-20H2,1H3,(H,29,32)/t22-,26-,27+/m0/s1. The van der Waals surface area contributed by atoms with Crippen LogP contribution in [0.1, 0.15) is 37.7 Å². The Balaban J connectivity index is 1.53. The summed E-state index contributed by atoms with van der Waals surface area (Å²) in [4.78, 5) is 13.0. The molecule has 194 valence electrons. The van der Waals surface area contributed by atoms with E-state index in [2.05, 4.69) is 17.5 Å². The van der Waals surface area contributed by atoms with Crippen LogP contribution < -0.4 is 10.1 Å². The Morgan fingerprint density at radius 2 is 1.92 bits per heavy atom. The SMILES string of the molecule is COc1cccc(S(=O)(=O)N(CC2CC2)C[C@@H](O)[C@H](Cc2ccccc2)NC(=O)C[C@H]2C=CCC2)c1. The van der Waals surface area contributed by atoms with E-state index in [1.807, 2.05) is 30.3 Å². The van der Waals surface area contributed by atoms with Crippen molar-refractivity contribution in [3.8, 4) is 5.75 Å². The van der Waals surface area contributed by atoms with Gasteiger partial charge in [-0.15, -0.1) is 0 Å². The van der Waals surface area contributed by atoms with Crippen molar-refractivity contribution >= 4 is 15.9 Å². The highest BCUT2D eigenvalue weighted by Gasteiger charge is 2.35. The number of aliphatic hydroxyl groups excluding tert-OH is 1. The molecule has 2 aromatic carbocycles. The number of nitrogens with one attached hydrogen (secondary N) is 1. The van der Waals surface area contributed by atoms with E-state index in [1.54, 1.807) is 18.2 Å². The second-order valence-electron chi connectivity index (χ2n) is 9.85. The predicted molar refractivity (Wildman–Crippen MR) is 139 cm³/mol. The molecule has 0 unspecified atom stereocenters. The van der Waals surface area contributed by atoms with Gasteiger partial charge in [-0.3, -0.25) is 4.79 Å². The van der Waals surface area contributed by atoms with Gasteiger partial charge in [0, 0.05) is 25.6 Å². The van der Waals surface area contributed by atoms with Gasteiger partial charge in [-0.1, -0.05) is 48.6 Å². The van der Waals surface area contributed by atoms with E-state index in [1.165, 1.54) is 17.5 Å². The summed E-state index contributed by atoms with van der Waals surface area (Å²) >= 11 is 0. The summed E-state index contributed by atoms with van der Waals surface area (Å²) in [5.74, 6) is 0.822. The topological polar surface area (TPSA) is 95.9 Å². The monoisotopic (exact) mass is 512 g/mol.